The van der Waals surface area contributed by atoms with Crippen molar-refractivity contribution in [1.29, 1.82) is 0 Å². The number of hydrogen-bond acceptors (Lipinski definition) is 5. The van der Waals surface area contributed by atoms with E-state index in [1.807, 2.05) is 30.1 Å². The maximum atomic E-state index is 14.2. The van der Waals surface area contributed by atoms with E-state index in [2.05, 4.69) is 28.1 Å². The number of piperidine rings is 1. The fourth-order valence-electron chi connectivity index (χ4n) is 7.84. The Kier molecular flexibility index (Phi) is 9.91. The Balaban J connectivity index is 1.31. The fraction of sp³-hybridized carbons (Fsp3) is 0.472. The maximum absolute atomic E-state index is 14.2. The number of carbonyl (C=O) groups is 2. The average molecular weight is 682 g/mol. The third kappa shape index (κ3) is 6.26. The van der Waals surface area contributed by atoms with Gasteiger partial charge in [0.15, 0.2) is 0 Å². The van der Waals surface area contributed by atoms with E-state index in [0.717, 1.165) is 57.2 Å². The first kappa shape index (κ1) is 33.1. The van der Waals surface area contributed by atoms with Crippen LogP contribution in [0.25, 0.3) is 0 Å². The van der Waals surface area contributed by atoms with Gasteiger partial charge in [-0.25, -0.2) is 0 Å². The molecule has 1 aliphatic carbocycles. The van der Waals surface area contributed by atoms with Crippen LogP contribution in [0.1, 0.15) is 72.1 Å². The third-order valence-corrected chi connectivity index (χ3v) is 13.4. The summed E-state index contributed by atoms with van der Waals surface area (Å²) < 4.78 is 13.2. The highest BCUT2D eigenvalue weighted by atomic mass is 35.5. The Labute approximate surface area is 284 Å². The Bertz CT molecular complexity index is 1610. The molecule has 1 spiro atoms. The van der Waals surface area contributed by atoms with Gasteiger partial charge >= 0.3 is 0 Å². The highest BCUT2D eigenvalue weighted by Crippen LogP contribution is 2.47. The Morgan fingerprint density at radius 1 is 1.00 bits per heavy atom. The number of likely N-dealkylation sites (tertiary alicyclic amines) is 1. The minimum Gasteiger partial charge on any atom is -0.338 e. The summed E-state index contributed by atoms with van der Waals surface area (Å²) >= 11 is 13.0. The zero-order valence-electron chi connectivity index (χ0n) is 26.6. The first-order valence-corrected chi connectivity index (χ1v) is 18.3. The largest absolute Gasteiger partial charge is 0.338 e. The molecule has 0 N–H and O–H groups in total. The maximum Gasteiger partial charge on any atom is 0.272 e. The van der Waals surface area contributed by atoms with Crippen molar-refractivity contribution in [3.63, 3.8) is 0 Å². The second-order valence-electron chi connectivity index (χ2n) is 13.1. The number of amides is 2. The number of hydrogen-bond donors (Lipinski definition) is 0. The van der Waals surface area contributed by atoms with Crippen molar-refractivity contribution in [2.24, 2.45) is 5.92 Å². The quantitative estimate of drug-likeness (QED) is 0.253. The van der Waals surface area contributed by atoms with Crippen LogP contribution in [-0.2, 0) is 31.6 Å². The molecule has 1 saturated heterocycles. The predicted octanol–water partition coefficient (Wildman–Crippen LogP) is 6.65. The van der Waals surface area contributed by atoms with E-state index in [1.54, 1.807) is 42.4 Å². The van der Waals surface area contributed by atoms with Crippen LogP contribution in [0, 0.1) is 5.92 Å². The molecule has 3 aliphatic rings. The lowest BCUT2D eigenvalue weighted by atomic mass is 9.82. The van der Waals surface area contributed by atoms with E-state index in [4.69, 9.17) is 23.2 Å². The molecule has 2 amide bonds. The van der Waals surface area contributed by atoms with E-state index in [9.17, 15) is 13.8 Å². The lowest BCUT2D eigenvalue weighted by Gasteiger charge is -2.47. The number of carbonyl (C=O) groups excluding carboxylic acids is 2. The van der Waals surface area contributed by atoms with Gasteiger partial charge in [-0.1, -0.05) is 72.4 Å². The highest BCUT2D eigenvalue weighted by Gasteiger charge is 2.48. The van der Waals surface area contributed by atoms with Gasteiger partial charge < -0.3 is 14.7 Å². The summed E-state index contributed by atoms with van der Waals surface area (Å²) in [6, 6.07) is 19.2. The molecule has 244 valence electrons. The molecule has 46 heavy (non-hydrogen) atoms. The monoisotopic (exact) mass is 680 g/mol. The van der Waals surface area contributed by atoms with Crippen LogP contribution < -0.4 is 0 Å². The molecule has 2 fully saturated rings. The predicted molar refractivity (Wildman–Crippen MR) is 184 cm³/mol. The average Bonchev–Trinajstić information content (AvgIpc) is 3.71. The molecule has 0 radical (unpaired) electrons. The topological polar surface area (TPSA) is 73.8 Å². The van der Waals surface area contributed by atoms with Gasteiger partial charge in [-0.05, 0) is 86.1 Å². The first-order chi connectivity index (χ1) is 22.1. The lowest BCUT2D eigenvalue weighted by Crippen LogP contribution is -2.57. The number of nitrogens with zero attached hydrogens (tertiary/aromatic N) is 4. The second kappa shape index (κ2) is 13.8. The molecular formula is C36H42Cl2N4O3S. The van der Waals surface area contributed by atoms with Gasteiger partial charge in [0.2, 0.25) is 5.91 Å². The summed E-state index contributed by atoms with van der Waals surface area (Å²) in [5.74, 6) is 0.462. The van der Waals surface area contributed by atoms with Crippen LogP contribution in [0.15, 0.2) is 66.9 Å². The van der Waals surface area contributed by atoms with Crippen molar-refractivity contribution in [2.45, 2.75) is 61.0 Å². The van der Waals surface area contributed by atoms with Crippen LogP contribution in [0.5, 0.6) is 0 Å². The normalized spacial score (nSPS) is 20.7. The molecule has 3 aromatic rings. The molecule has 2 aromatic carbocycles. The summed E-state index contributed by atoms with van der Waals surface area (Å²) in [7, 11) is 2.72. The van der Waals surface area contributed by atoms with Gasteiger partial charge in [-0.3, -0.25) is 18.8 Å². The summed E-state index contributed by atoms with van der Waals surface area (Å²) in [6.07, 6.45) is 7.67. The van der Waals surface area contributed by atoms with Crippen molar-refractivity contribution < 1.29 is 13.8 Å². The number of aromatic nitrogens is 1. The van der Waals surface area contributed by atoms with Gasteiger partial charge in [-0.2, -0.15) is 0 Å². The van der Waals surface area contributed by atoms with Gasteiger partial charge in [0.1, 0.15) is 5.69 Å². The van der Waals surface area contributed by atoms with Gasteiger partial charge in [0.25, 0.3) is 5.91 Å². The van der Waals surface area contributed by atoms with Crippen LogP contribution >= 0.6 is 23.2 Å². The number of fused-ring (bicyclic) bond motifs is 2. The van der Waals surface area contributed by atoms with E-state index in [0.29, 0.717) is 34.5 Å². The number of benzene rings is 2. The van der Waals surface area contributed by atoms with Crippen LogP contribution in [0.2, 0.25) is 10.0 Å². The van der Waals surface area contributed by atoms with Crippen molar-refractivity contribution in [3.8, 4) is 0 Å². The SMILES string of the molecule is CN(CC(CCN1CCC2(CC1)c1ccccc1CS2=O)(c1ccc(Cl)c(Cl)c1)N(C)C(=O)C1CCCC1)C(=O)c1ccccn1. The van der Waals surface area contributed by atoms with Crippen molar-refractivity contribution >= 4 is 45.8 Å². The standard InChI is InChI=1S/C36H42Cl2N4O3S/c1-40(34(44)32-13-7-8-19-39-32)25-35(28-14-15-30(37)31(38)23-28,41(2)33(43)26-9-3-4-10-26)16-20-42-21-17-36(18-22-42)29-12-6-5-11-27(29)24-46(36)45/h5-8,11-15,19,23,26H,3-4,9-10,16-18,20-22,24-25H2,1-2H3. The van der Waals surface area contributed by atoms with E-state index < -0.39 is 16.3 Å². The van der Waals surface area contributed by atoms with E-state index in [1.165, 1.54) is 11.1 Å². The Hall–Kier alpha value is -2.78. The molecule has 6 rings (SSSR count). The summed E-state index contributed by atoms with van der Waals surface area (Å²) in [6.45, 7) is 2.56. The molecule has 2 aliphatic heterocycles. The molecule has 2 atom stereocenters. The minimum atomic E-state index is -0.938. The molecule has 1 aromatic heterocycles. The molecule has 1 saturated carbocycles. The fourth-order valence-corrected chi connectivity index (χ4v) is 10.0. The van der Waals surface area contributed by atoms with Crippen molar-refractivity contribution in [2.75, 3.05) is 40.3 Å². The summed E-state index contributed by atoms with van der Waals surface area (Å²) in [4.78, 5) is 38.2. The molecule has 0 bridgehead atoms. The molecule has 10 heteroatoms. The zero-order chi connectivity index (χ0) is 32.5. The third-order valence-electron chi connectivity index (χ3n) is 10.6. The van der Waals surface area contributed by atoms with Crippen LogP contribution in [0.4, 0.5) is 0 Å². The smallest absolute Gasteiger partial charge is 0.272 e. The van der Waals surface area contributed by atoms with Gasteiger partial charge in [0, 0.05) is 55.9 Å². The number of likely N-dealkylation sites (N-methyl/N-ethyl adjacent to an activating group) is 2. The van der Waals surface area contributed by atoms with Crippen molar-refractivity contribution in [1.82, 2.24) is 19.7 Å². The highest BCUT2D eigenvalue weighted by molar-refractivity contribution is 7.85. The van der Waals surface area contributed by atoms with Gasteiger partial charge in [-0.15, -0.1) is 0 Å². The van der Waals surface area contributed by atoms with E-state index in [-0.39, 0.29) is 29.0 Å². The number of rotatable bonds is 9. The summed E-state index contributed by atoms with van der Waals surface area (Å²) in [5.41, 5.74) is 2.76. The summed E-state index contributed by atoms with van der Waals surface area (Å²) in [5, 5.41) is 0.847. The Morgan fingerprint density at radius 3 is 2.41 bits per heavy atom. The Morgan fingerprint density at radius 2 is 1.72 bits per heavy atom. The molecule has 2 unspecified atom stereocenters. The molecule has 3 heterocycles. The van der Waals surface area contributed by atoms with Crippen LogP contribution in [-0.4, -0.2) is 76.0 Å². The molecular weight excluding hydrogens is 639 g/mol. The van der Waals surface area contributed by atoms with Crippen molar-refractivity contribution in [3.05, 3.63) is 99.3 Å². The number of pyridine rings is 1. The number of halogens is 2. The minimum absolute atomic E-state index is 0.0452. The van der Waals surface area contributed by atoms with Crippen LogP contribution in [0.3, 0.4) is 0 Å². The lowest BCUT2D eigenvalue weighted by molar-refractivity contribution is -0.141. The second-order valence-corrected chi connectivity index (χ2v) is 15.7. The molecule has 7 nitrogen and oxygen atoms in total. The zero-order valence-corrected chi connectivity index (χ0v) is 28.9. The first-order valence-electron chi connectivity index (χ1n) is 16.2. The van der Waals surface area contributed by atoms with Gasteiger partial charge in [0.05, 0.1) is 20.3 Å². The van der Waals surface area contributed by atoms with E-state index >= 15 is 0 Å².